The van der Waals surface area contributed by atoms with Crippen LogP contribution in [0.1, 0.15) is 5.56 Å². The summed E-state index contributed by atoms with van der Waals surface area (Å²) in [5.74, 6) is 2.36. The van der Waals surface area contributed by atoms with E-state index in [1.807, 2.05) is 0 Å². The Bertz CT molecular complexity index is 2430. The molecule has 0 saturated carbocycles. The van der Waals surface area contributed by atoms with Crippen LogP contribution in [0.4, 0.5) is 0 Å². The van der Waals surface area contributed by atoms with Crippen LogP contribution < -0.4 is 4.74 Å². The van der Waals surface area contributed by atoms with E-state index in [1.165, 1.54) is 71.5 Å². The monoisotopic (exact) mass is 572 g/mol. The highest BCUT2D eigenvalue weighted by molar-refractivity contribution is 6.26. The normalized spacial score (nSPS) is 19.8. The largest absolute Gasteiger partial charge is 0.456 e. The molecule has 0 N–H and O–H groups in total. The second-order valence-corrected chi connectivity index (χ2v) is 12.4. The van der Waals surface area contributed by atoms with E-state index in [9.17, 15) is 0 Å². The second kappa shape index (κ2) is 9.42. The van der Waals surface area contributed by atoms with Crippen molar-refractivity contribution in [2.24, 2.45) is 11.8 Å². The van der Waals surface area contributed by atoms with E-state index in [4.69, 9.17) is 4.74 Å². The first-order valence-electron chi connectivity index (χ1n) is 15.8. The van der Waals surface area contributed by atoms with E-state index in [-0.39, 0.29) is 11.8 Å². The average molecular weight is 573 g/mol. The Morgan fingerprint density at radius 1 is 0.467 bits per heavy atom. The Morgan fingerprint density at radius 3 is 1.93 bits per heavy atom. The molecule has 0 spiro atoms. The highest BCUT2D eigenvalue weighted by Crippen LogP contribution is 2.53. The zero-order valence-corrected chi connectivity index (χ0v) is 24.6. The fourth-order valence-corrected chi connectivity index (χ4v) is 8.07. The SMILES string of the molecule is C1=CC2=C(c3ccccc3)C=CC3=CC=C4C(Oc5ccc6ccc7c(-c8ccccc8)ccc8ccc5c6c87)=CC=C1C4C32. The van der Waals surface area contributed by atoms with E-state index in [0.29, 0.717) is 0 Å². The number of benzene rings is 6. The first kappa shape index (κ1) is 24.7. The van der Waals surface area contributed by atoms with E-state index < -0.39 is 0 Å². The molecule has 0 saturated heterocycles. The van der Waals surface area contributed by atoms with Crippen LogP contribution in [-0.4, -0.2) is 0 Å². The molecule has 2 unspecified atom stereocenters. The molecular formula is C44H28O. The molecule has 0 heterocycles. The Kier molecular flexibility index (Phi) is 5.18. The number of ether oxygens (including phenoxy) is 1. The van der Waals surface area contributed by atoms with Gasteiger partial charge in [0.2, 0.25) is 0 Å². The highest BCUT2D eigenvalue weighted by Gasteiger charge is 2.41. The first-order valence-corrected chi connectivity index (χ1v) is 15.8. The Hall–Kier alpha value is -5.66. The lowest BCUT2D eigenvalue weighted by Crippen LogP contribution is -2.31. The molecule has 1 heteroatoms. The molecule has 45 heavy (non-hydrogen) atoms. The minimum Gasteiger partial charge on any atom is -0.456 e. The Labute approximate surface area is 262 Å². The molecule has 4 aliphatic rings. The lowest BCUT2D eigenvalue weighted by atomic mass is 9.63. The van der Waals surface area contributed by atoms with Gasteiger partial charge in [0.1, 0.15) is 11.5 Å². The van der Waals surface area contributed by atoms with Gasteiger partial charge in [-0.25, -0.2) is 0 Å². The molecule has 4 aliphatic carbocycles. The summed E-state index contributed by atoms with van der Waals surface area (Å²) in [6.07, 6.45) is 18.2. The van der Waals surface area contributed by atoms with Gasteiger partial charge in [-0.15, -0.1) is 0 Å². The van der Waals surface area contributed by atoms with Crippen LogP contribution in [0.25, 0.3) is 49.0 Å². The van der Waals surface area contributed by atoms with Gasteiger partial charge in [0, 0.05) is 28.2 Å². The molecule has 0 radical (unpaired) electrons. The van der Waals surface area contributed by atoms with Crippen molar-refractivity contribution >= 4 is 37.9 Å². The molecule has 0 aromatic heterocycles. The lowest BCUT2D eigenvalue weighted by Gasteiger charge is -2.41. The molecule has 6 aromatic rings. The molecule has 0 fully saturated rings. The predicted molar refractivity (Wildman–Crippen MR) is 187 cm³/mol. The quantitative estimate of drug-likeness (QED) is 0.191. The number of rotatable bonds is 4. The average Bonchev–Trinajstić information content (AvgIpc) is 3.11. The smallest absolute Gasteiger partial charge is 0.135 e. The summed E-state index contributed by atoms with van der Waals surface area (Å²) in [5, 5.41) is 7.48. The van der Waals surface area contributed by atoms with Crippen LogP contribution in [0.2, 0.25) is 0 Å². The number of hydrogen-bond donors (Lipinski definition) is 0. The molecule has 10 rings (SSSR count). The van der Waals surface area contributed by atoms with Gasteiger partial charge in [-0.3, -0.25) is 0 Å². The van der Waals surface area contributed by atoms with Gasteiger partial charge in [0.15, 0.2) is 0 Å². The van der Waals surface area contributed by atoms with E-state index >= 15 is 0 Å². The topological polar surface area (TPSA) is 9.23 Å². The maximum absolute atomic E-state index is 6.96. The number of hydrogen-bond acceptors (Lipinski definition) is 1. The molecular weight excluding hydrogens is 544 g/mol. The third-order valence-electron chi connectivity index (χ3n) is 10.1. The summed E-state index contributed by atoms with van der Waals surface area (Å²) < 4.78 is 6.96. The van der Waals surface area contributed by atoms with Gasteiger partial charge < -0.3 is 4.74 Å². The molecule has 2 atom stereocenters. The molecule has 0 bridgehead atoms. The third kappa shape index (κ3) is 3.62. The summed E-state index contributed by atoms with van der Waals surface area (Å²) in [7, 11) is 0. The summed E-state index contributed by atoms with van der Waals surface area (Å²) in [4.78, 5) is 0. The van der Waals surface area contributed by atoms with Gasteiger partial charge in [-0.2, -0.15) is 0 Å². The Balaban J connectivity index is 1.09. The number of allylic oxidation sites excluding steroid dienone is 13. The van der Waals surface area contributed by atoms with E-state index in [1.54, 1.807) is 0 Å². The zero-order valence-electron chi connectivity index (χ0n) is 24.6. The van der Waals surface area contributed by atoms with Crippen LogP contribution >= 0.6 is 0 Å². The highest BCUT2D eigenvalue weighted by atomic mass is 16.5. The molecule has 210 valence electrons. The van der Waals surface area contributed by atoms with Crippen LogP contribution in [0.3, 0.4) is 0 Å². The molecule has 6 aromatic carbocycles. The molecule has 0 aliphatic heterocycles. The fourth-order valence-electron chi connectivity index (χ4n) is 8.07. The van der Waals surface area contributed by atoms with Crippen molar-refractivity contribution in [1.29, 1.82) is 0 Å². The predicted octanol–water partition coefficient (Wildman–Crippen LogP) is 11.1. The third-order valence-corrected chi connectivity index (χ3v) is 10.1. The van der Waals surface area contributed by atoms with Gasteiger partial charge >= 0.3 is 0 Å². The summed E-state index contributed by atoms with van der Waals surface area (Å²) in [5.41, 5.74) is 10.4. The second-order valence-electron chi connectivity index (χ2n) is 12.4. The van der Waals surface area contributed by atoms with Gasteiger partial charge in [-0.05, 0) is 78.7 Å². The maximum atomic E-state index is 6.96. The van der Waals surface area contributed by atoms with Crippen LogP contribution in [0.15, 0.2) is 186 Å². The minimum absolute atomic E-state index is 0.238. The fraction of sp³-hybridized carbons (Fsp3) is 0.0455. The van der Waals surface area contributed by atoms with Crippen LogP contribution in [0.5, 0.6) is 5.75 Å². The Morgan fingerprint density at radius 2 is 1.11 bits per heavy atom. The standard InChI is InChI=1S/C44H28O/c1-3-7-27(8-4-1)33-19-11-29-15-23-37-39(25-17-31-13-21-35(33)41(29)43(31)37)45-40-26-18-32-14-22-36-34(28-9-5-2-6-10-28)20-12-30-16-24-38(40)44(32)42(30)36/h1-26,41,43H. The van der Waals surface area contributed by atoms with Crippen molar-refractivity contribution in [3.8, 4) is 16.9 Å². The van der Waals surface area contributed by atoms with Crippen LogP contribution in [0, 0.1) is 11.8 Å². The van der Waals surface area contributed by atoms with Crippen molar-refractivity contribution in [2.75, 3.05) is 0 Å². The lowest BCUT2D eigenvalue weighted by molar-refractivity contribution is 0.411. The van der Waals surface area contributed by atoms with Gasteiger partial charge in [0.25, 0.3) is 0 Å². The van der Waals surface area contributed by atoms with Crippen molar-refractivity contribution in [3.63, 3.8) is 0 Å². The van der Waals surface area contributed by atoms with Crippen LogP contribution in [-0.2, 0) is 0 Å². The summed E-state index contributed by atoms with van der Waals surface area (Å²) in [6.45, 7) is 0. The summed E-state index contributed by atoms with van der Waals surface area (Å²) in [6, 6.07) is 39.4. The zero-order chi connectivity index (χ0) is 29.5. The van der Waals surface area contributed by atoms with Gasteiger partial charge in [0.05, 0.1) is 0 Å². The summed E-state index contributed by atoms with van der Waals surface area (Å²) >= 11 is 0. The van der Waals surface area contributed by atoms with Gasteiger partial charge in [-0.1, -0.05) is 140 Å². The maximum Gasteiger partial charge on any atom is 0.135 e. The van der Waals surface area contributed by atoms with Crippen molar-refractivity contribution in [3.05, 3.63) is 191 Å². The molecule has 0 amide bonds. The molecule has 1 nitrogen and oxygen atoms in total. The van der Waals surface area contributed by atoms with E-state index in [0.717, 1.165) is 16.9 Å². The van der Waals surface area contributed by atoms with Crippen molar-refractivity contribution < 1.29 is 4.74 Å². The van der Waals surface area contributed by atoms with E-state index in [2.05, 4.69) is 158 Å². The van der Waals surface area contributed by atoms with Crippen molar-refractivity contribution in [1.82, 2.24) is 0 Å². The minimum atomic E-state index is 0.238. The first-order chi connectivity index (χ1) is 22.3. The van der Waals surface area contributed by atoms with Crippen molar-refractivity contribution in [2.45, 2.75) is 0 Å².